The second kappa shape index (κ2) is 6.32. The van der Waals surface area contributed by atoms with Crippen molar-refractivity contribution >= 4 is 6.03 Å². The minimum Gasteiger partial charge on any atom is -0.375 e. The molecule has 9 heteroatoms. The van der Waals surface area contributed by atoms with Crippen LogP contribution in [0.25, 0.3) is 0 Å². The third-order valence-electron chi connectivity index (χ3n) is 3.81. The first-order valence-electron chi connectivity index (χ1n) is 6.69. The number of ether oxygens (including phenoxy) is 2. The zero-order valence-corrected chi connectivity index (χ0v) is 11.1. The number of rotatable bonds is 2. The Morgan fingerprint density at radius 2 is 2.18 bits per heavy atom. The number of carbonyl (C=O) groups excluding carboxylic acids is 1. The monoisotopic (exact) mass is 312 g/mol. The van der Waals surface area contributed by atoms with E-state index in [1.54, 1.807) is 0 Å². The van der Waals surface area contributed by atoms with Crippen LogP contribution < -0.4 is 22.3 Å². The number of urea groups is 1. The molecular formula is C13H20N4O5. The van der Waals surface area contributed by atoms with E-state index in [4.69, 9.17) is 15.2 Å². The van der Waals surface area contributed by atoms with E-state index in [9.17, 15) is 14.4 Å². The van der Waals surface area contributed by atoms with Crippen LogP contribution in [0.1, 0.15) is 31.9 Å². The second-order valence-corrected chi connectivity index (χ2v) is 5.17. The number of amides is 2. The van der Waals surface area contributed by atoms with Crippen molar-refractivity contribution in [3.8, 4) is 0 Å². The van der Waals surface area contributed by atoms with E-state index in [1.807, 2.05) is 0 Å². The van der Waals surface area contributed by atoms with Gasteiger partial charge in [0.1, 0.15) is 6.10 Å². The second-order valence-electron chi connectivity index (χ2n) is 5.17. The highest BCUT2D eigenvalue weighted by molar-refractivity contribution is 5.72. The fourth-order valence-electron chi connectivity index (χ4n) is 2.90. The molecular weight excluding hydrogens is 292 g/mol. The van der Waals surface area contributed by atoms with E-state index in [2.05, 4.69) is 15.3 Å². The smallest absolute Gasteiger partial charge is 0.325 e. The lowest BCUT2D eigenvalue weighted by molar-refractivity contribution is -0.0742. The van der Waals surface area contributed by atoms with Crippen LogP contribution in [0, 0.1) is 0 Å². The molecule has 2 fully saturated rings. The molecule has 9 nitrogen and oxygen atoms in total. The van der Waals surface area contributed by atoms with E-state index in [0.717, 1.165) is 0 Å². The third-order valence-corrected chi connectivity index (χ3v) is 3.81. The average Bonchev–Trinajstić information content (AvgIpc) is 2.82. The van der Waals surface area contributed by atoms with E-state index in [-0.39, 0.29) is 25.7 Å². The van der Waals surface area contributed by atoms with Gasteiger partial charge in [-0.05, 0) is 6.42 Å². The highest BCUT2D eigenvalue weighted by atomic mass is 16.6. The zero-order chi connectivity index (χ0) is 15.0. The van der Waals surface area contributed by atoms with E-state index in [1.165, 1.54) is 6.20 Å². The van der Waals surface area contributed by atoms with Crippen molar-refractivity contribution in [3.05, 3.63) is 32.6 Å². The van der Waals surface area contributed by atoms with Crippen LogP contribution in [0.3, 0.4) is 0 Å². The molecule has 0 radical (unpaired) electrons. The van der Waals surface area contributed by atoms with Crippen LogP contribution in [0.2, 0.25) is 0 Å². The van der Waals surface area contributed by atoms with Crippen LogP contribution in [0.5, 0.6) is 0 Å². The number of aromatic amines is 2. The summed E-state index contributed by atoms with van der Waals surface area (Å²) in [6, 6.07) is -0.859. The molecule has 2 saturated heterocycles. The Hall–Kier alpha value is -2.13. The van der Waals surface area contributed by atoms with Gasteiger partial charge < -0.3 is 25.5 Å². The number of primary amides is 1. The molecule has 0 bridgehead atoms. The lowest BCUT2D eigenvalue weighted by Crippen LogP contribution is -2.52. The summed E-state index contributed by atoms with van der Waals surface area (Å²) >= 11 is 0. The number of hydrogen-bond donors (Lipinski definition) is 4. The molecule has 4 atom stereocenters. The van der Waals surface area contributed by atoms with Crippen LogP contribution in [-0.4, -0.2) is 40.9 Å². The van der Waals surface area contributed by atoms with Gasteiger partial charge in [0, 0.05) is 19.2 Å². The van der Waals surface area contributed by atoms with Crippen molar-refractivity contribution in [2.24, 2.45) is 5.73 Å². The van der Waals surface area contributed by atoms with E-state index >= 15 is 0 Å². The van der Waals surface area contributed by atoms with Gasteiger partial charge >= 0.3 is 11.7 Å². The van der Waals surface area contributed by atoms with Gasteiger partial charge in [-0.15, -0.1) is 0 Å². The van der Waals surface area contributed by atoms with Crippen LogP contribution in [0.15, 0.2) is 15.8 Å². The highest BCUT2D eigenvalue weighted by Gasteiger charge is 2.44. The van der Waals surface area contributed by atoms with Crippen molar-refractivity contribution < 1.29 is 14.3 Å². The van der Waals surface area contributed by atoms with Crippen LogP contribution in [-0.2, 0) is 9.47 Å². The van der Waals surface area contributed by atoms with Crippen molar-refractivity contribution in [2.75, 3.05) is 6.61 Å². The molecule has 0 aliphatic carbocycles. The average molecular weight is 312 g/mol. The molecule has 122 valence electrons. The van der Waals surface area contributed by atoms with Gasteiger partial charge in [-0.3, -0.25) is 9.78 Å². The van der Waals surface area contributed by atoms with Gasteiger partial charge in [0.05, 0.1) is 23.8 Å². The molecule has 0 saturated carbocycles. The molecule has 5 N–H and O–H groups in total. The zero-order valence-electron chi connectivity index (χ0n) is 11.1. The van der Waals surface area contributed by atoms with Gasteiger partial charge in [-0.2, -0.15) is 0 Å². The summed E-state index contributed by atoms with van der Waals surface area (Å²) < 4.78 is 11.5. The van der Waals surface area contributed by atoms with E-state index in [0.29, 0.717) is 25.0 Å². The molecule has 2 aliphatic rings. The van der Waals surface area contributed by atoms with E-state index < -0.39 is 23.4 Å². The van der Waals surface area contributed by atoms with Crippen molar-refractivity contribution in [1.82, 2.24) is 15.3 Å². The van der Waals surface area contributed by atoms with Crippen LogP contribution >= 0.6 is 0 Å². The Morgan fingerprint density at radius 3 is 2.86 bits per heavy atom. The molecule has 22 heavy (non-hydrogen) atoms. The molecule has 0 spiro atoms. The summed E-state index contributed by atoms with van der Waals surface area (Å²) in [5.41, 5.74) is 4.44. The number of nitrogens with one attached hydrogen (secondary N) is 3. The van der Waals surface area contributed by atoms with Gasteiger partial charge in [0.25, 0.3) is 5.56 Å². The van der Waals surface area contributed by atoms with Gasteiger partial charge in [0.15, 0.2) is 0 Å². The SMILES string of the molecule is C.NC(=O)NC1CCOC2CC(c3c[nH]c(=O)[nH]c3=O)OC12. The third kappa shape index (κ3) is 3.04. The summed E-state index contributed by atoms with van der Waals surface area (Å²) in [6.45, 7) is 0.490. The Morgan fingerprint density at radius 1 is 1.41 bits per heavy atom. The quantitative estimate of drug-likeness (QED) is 0.575. The largest absolute Gasteiger partial charge is 0.375 e. The number of carbonyl (C=O) groups is 1. The minimum absolute atomic E-state index is 0. The predicted molar refractivity (Wildman–Crippen MR) is 77.5 cm³/mol. The lowest BCUT2D eigenvalue weighted by Gasteiger charge is -2.32. The molecule has 3 heterocycles. The maximum atomic E-state index is 11.8. The molecule has 1 aromatic rings. The Balaban J connectivity index is 0.00000176. The van der Waals surface area contributed by atoms with Crippen molar-refractivity contribution in [1.29, 1.82) is 0 Å². The number of hydrogen-bond acceptors (Lipinski definition) is 5. The molecule has 3 rings (SSSR count). The number of nitrogens with two attached hydrogens (primary N) is 1. The molecule has 2 aliphatic heterocycles. The standard InChI is InChI=1S/C12H16N4O5.CH4/c13-11(18)15-6-1-2-20-8-3-7(21-9(6)8)5-4-14-12(19)16-10(5)17;/h4,6-9H,1-3H2,(H3,13,15,18)(H2,14,16,17,19);1H4. The summed E-state index contributed by atoms with van der Waals surface area (Å²) in [4.78, 5) is 38.5. The Labute approximate surface area is 126 Å². The van der Waals surface area contributed by atoms with Gasteiger partial charge in [-0.25, -0.2) is 9.59 Å². The highest BCUT2D eigenvalue weighted by Crippen LogP contribution is 2.37. The summed E-state index contributed by atoms with van der Waals surface area (Å²) in [7, 11) is 0. The van der Waals surface area contributed by atoms with Crippen LogP contribution in [0.4, 0.5) is 4.79 Å². The molecule has 0 aromatic carbocycles. The first-order chi connectivity index (χ1) is 10.0. The van der Waals surface area contributed by atoms with Gasteiger partial charge in [0.2, 0.25) is 0 Å². The van der Waals surface area contributed by atoms with Gasteiger partial charge in [-0.1, -0.05) is 7.43 Å². The summed E-state index contributed by atoms with van der Waals surface area (Å²) in [6.07, 6.45) is 1.36. The Bertz CT molecular complexity index is 654. The number of fused-ring (bicyclic) bond motifs is 1. The molecule has 1 aromatic heterocycles. The van der Waals surface area contributed by atoms with Crippen molar-refractivity contribution in [3.63, 3.8) is 0 Å². The first kappa shape index (κ1) is 16.2. The number of aromatic nitrogens is 2. The van der Waals surface area contributed by atoms with Crippen molar-refractivity contribution in [2.45, 2.75) is 44.6 Å². The fourth-order valence-corrected chi connectivity index (χ4v) is 2.90. The maximum absolute atomic E-state index is 11.8. The lowest BCUT2D eigenvalue weighted by atomic mass is 9.98. The number of H-pyrrole nitrogens is 2. The predicted octanol–water partition coefficient (Wildman–Crippen LogP) is -0.645. The Kier molecular flexibility index (Phi) is 4.67. The summed E-state index contributed by atoms with van der Waals surface area (Å²) in [5.74, 6) is 0. The summed E-state index contributed by atoms with van der Waals surface area (Å²) in [5, 5.41) is 2.64. The first-order valence-corrected chi connectivity index (χ1v) is 6.69. The fraction of sp³-hybridized carbons (Fsp3) is 0.615. The normalized spacial score (nSPS) is 30.2. The topological polar surface area (TPSA) is 139 Å². The maximum Gasteiger partial charge on any atom is 0.325 e. The molecule has 2 amide bonds. The molecule has 4 unspecified atom stereocenters. The minimum atomic E-state index is -0.616.